The maximum absolute atomic E-state index is 12.4. The fourth-order valence-electron chi connectivity index (χ4n) is 3.45. The summed E-state index contributed by atoms with van der Waals surface area (Å²) in [7, 11) is 0. The zero-order valence-electron chi connectivity index (χ0n) is 15.1. The number of nitrogens with zero attached hydrogens (tertiary/aromatic N) is 2. The van der Waals surface area contributed by atoms with Crippen LogP contribution < -0.4 is 0 Å². The van der Waals surface area contributed by atoms with Crippen molar-refractivity contribution in [2.45, 2.75) is 57.9 Å². The summed E-state index contributed by atoms with van der Waals surface area (Å²) in [6, 6.07) is 9.79. The maximum atomic E-state index is 12.4. The number of ether oxygens (including phenoxy) is 2. The van der Waals surface area contributed by atoms with Crippen molar-refractivity contribution in [2.75, 3.05) is 13.1 Å². The van der Waals surface area contributed by atoms with Gasteiger partial charge in [0.2, 0.25) is 0 Å². The Morgan fingerprint density at radius 1 is 1.08 bits per heavy atom. The number of amides is 2. The summed E-state index contributed by atoms with van der Waals surface area (Å²) in [5, 5.41) is 0. The van der Waals surface area contributed by atoms with Crippen LogP contribution in [0.4, 0.5) is 9.59 Å². The number of benzene rings is 1. The van der Waals surface area contributed by atoms with Crippen LogP contribution in [0.2, 0.25) is 0 Å². The standard InChI is InChI=1S/C19H26N2O4/c1-19(2,3)25-18(23)20-10-9-15-11-16(20)12-21(15)17(22)24-13-14-7-5-4-6-8-14/h4-8,15-16H,9-13H2,1-3H3. The van der Waals surface area contributed by atoms with Crippen molar-refractivity contribution in [1.29, 1.82) is 0 Å². The van der Waals surface area contributed by atoms with Gasteiger partial charge in [-0.05, 0) is 39.2 Å². The first-order valence-electron chi connectivity index (χ1n) is 8.80. The first kappa shape index (κ1) is 17.6. The van der Waals surface area contributed by atoms with E-state index in [2.05, 4.69) is 0 Å². The Kier molecular flexibility index (Phi) is 4.88. The molecule has 1 aromatic carbocycles. The Labute approximate surface area is 148 Å². The van der Waals surface area contributed by atoms with E-state index in [0.29, 0.717) is 13.1 Å². The molecule has 0 saturated carbocycles. The van der Waals surface area contributed by atoms with Crippen molar-refractivity contribution in [3.8, 4) is 0 Å². The van der Waals surface area contributed by atoms with Crippen LogP contribution in [0.5, 0.6) is 0 Å². The first-order chi connectivity index (χ1) is 11.8. The molecule has 136 valence electrons. The summed E-state index contributed by atoms with van der Waals surface area (Å²) in [6.45, 7) is 6.98. The summed E-state index contributed by atoms with van der Waals surface area (Å²) in [4.78, 5) is 28.3. The van der Waals surface area contributed by atoms with E-state index in [0.717, 1.165) is 18.4 Å². The van der Waals surface area contributed by atoms with Crippen LogP contribution in [0.1, 0.15) is 39.2 Å². The molecule has 25 heavy (non-hydrogen) atoms. The highest BCUT2D eigenvalue weighted by Crippen LogP contribution is 2.31. The van der Waals surface area contributed by atoms with E-state index in [1.54, 1.807) is 9.80 Å². The third-order valence-corrected chi connectivity index (χ3v) is 4.60. The van der Waals surface area contributed by atoms with Crippen LogP contribution in [0.3, 0.4) is 0 Å². The van der Waals surface area contributed by atoms with Gasteiger partial charge in [-0.2, -0.15) is 0 Å². The summed E-state index contributed by atoms with van der Waals surface area (Å²) in [5.41, 5.74) is 0.453. The molecule has 2 saturated heterocycles. The number of carbonyl (C=O) groups excluding carboxylic acids is 2. The van der Waals surface area contributed by atoms with Crippen molar-refractivity contribution in [1.82, 2.24) is 9.80 Å². The molecule has 0 spiro atoms. The van der Waals surface area contributed by atoms with Crippen molar-refractivity contribution >= 4 is 12.2 Å². The SMILES string of the molecule is CC(C)(C)OC(=O)N1CCC2CC1CN2C(=O)OCc1ccccc1. The van der Waals surface area contributed by atoms with Gasteiger partial charge in [0.05, 0.1) is 6.04 Å². The van der Waals surface area contributed by atoms with Crippen LogP contribution in [0.15, 0.2) is 30.3 Å². The Balaban J connectivity index is 1.56. The molecular formula is C19H26N2O4. The molecular weight excluding hydrogens is 320 g/mol. The number of carbonyl (C=O) groups is 2. The average Bonchev–Trinajstić information content (AvgIpc) is 2.88. The topological polar surface area (TPSA) is 59.1 Å². The van der Waals surface area contributed by atoms with Gasteiger partial charge in [0.1, 0.15) is 12.2 Å². The normalized spacial score (nSPS) is 22.7. The predicted octanol–water partition coefficient (Wildman–Crippen LogP) is 3.41. The van der Waals surface area contributed by atoms with E-state index in [-0.39, 0.29) is 30.9 Å². The second kappa shape index (κ2) is 6.94. The second-order valence-corrected chi connectivity index (χ2v) is 7.70. The second-order valence-electron chi connectivity index (χ2n) is 7.70. The van der Waals surface area contributed by atoms with Gasteiger partial charge in [-0.1, -0.05) is 30.3 Å². The Morgan fingerprint density at radius 3 is 2.48 bits per heavy atom. The molecule has 2 atom stereocenters. The molecule has 2 amide bonds. The smallest absolute Gasteiger partial charge is 0.410 e. The lowest BCUT2D eigenvalue weighted by molar-refractivity contribution is 0.0142. The Bertz CT molecular complexity index is 626. The molecule has 0 N–H and O–H groups in total. The molecule has 6 heteroatoms. The highest BCUT2D eigenvalue weighted by atomic mass is 16.6. The fourth-order valence-corrected chi connectivity index (χ4v) is 3.45. The van der Waals surface area contributed by atoms with Gasteiger partial charge < -0.3 is 19.3 Å². The molecule has 2 fully saturated rings. The van der Waals surface area contributed by atoms with E-state index >= 15 is 0 Å². The van der Waals surface area contributed by atoms with Gasteiger partial charge in [-0.25, -0.2) is 9.59 Å². The summed E-state index contributed by atoms with van der Waals surface area (Å²) < 4.78 is 10.9. The lowest BCUT2D eigenvalue weighted by Crippen LogP contribution is -2.46. The third kappa shape index (κ3) is 4.24. The zero-order chi connectivity index (χ0) is 18.0. The number of hydrogen-bond donors (Lipinski definition) is 0. The van der Waals surface area contributed by atoms with Crippen LogP contribution >= 0.6 is 0 Å². The van der Waals surface area contributed by atoms with Gasteiger partial charge in [0, 0.05) is 19.1 Å². The van der Waals surface area contributed by atoms with Crippen molar-refractivity contribution in [3.63, 3.8) is 0 Å². The molecule has 0 aliphatic carbocycles. The molecule has 0 radical (unpaired) electrons. The van der Waals surface area contributed by atoms with Crippen LogP contribution in [-0.2, 0) is 16.1 Å². The van der Waals surface area contributed by atoms with Crippen LogP contribution in [0.25, 0.3) is 0 Å². The van der Waals surface area contributed by atoms with Gasteiger partial charge in [-0.3, -0.25) is 0 Å². The molecule has 1 aromatic rings. The molecule has 2 unspecified atom stereocenters. The summed E-state index contributed by atoms with van der Waals surface area (Å²) in [5.74, 6) is 0. The van der Waals surface area contributed by atoms with Gasteiger partial charge in [0.15, 0.2) is 0 Å². The van der Waals surface area contributed by atoms with E-state index in [4.69, 9.17) is 9.47 Å². The highest BCUT2D eigenvalue weighted by Gasteiger charge is 2.45. The minimum Gasteiger partial charge on any atom is -0.445 e. The molecule has 2 heterocycles. The number of hydrogen-bond acceptors (Lipinski definition) is 4. The minimum absolute atomic E-state index is 0.0119. The molecule has 2 bridgehead atoms. The van der Waals surface area contributed by atoms with Crippen molar-refractivity contribution in [3.05, 3.63) is 35.9 Å². The predicted molar refractivity (Wildman–Crippen MR) is 93.1 cm³/mol. The Morgan fingerprint density at radius 2 is 1.80 bits per heavy atom. The summed E-state index contributed by atoms with van der Waals surface area (Å²) >= 11 is 0. The number of piperidine rings is 1. The number of likely N-dealkylation sites (tertiary alicyclic amines) is 2. The van der Waals surface area contributed by atoms with Crippen molar-refractivity contribution in [2.24, 2.45) is 0 Å². The quantitative estimate of drug-likeness (QED) is 0.823. The van der Waals surface area contributed by atoms with Crippen LogP contribution in [-0.4, -0.2) is 52.8 Å². The zero-order valence-corrected chi connectivity index (χ0v) is 15.1. The average molecular weight is 346 g/mol. The van der Waals surface area contributed by atoms with Gasteiger partial charge >= 0.3 is 12.2 Å². The van der Waals surface area contributed by atoms with E-state index in [1.807, 2.05) is 51.1 Å². The van der Waals surface area contributed by atoms with Crippen molar-refractivity contribution < 1.29 is 19.1 Å². The maximum Gasteiger partial charge on any atom is 0.410 e. The van der Waals surface area contributed by atoms with Gasteiger partial charge in [0.25, 0.3) is 0 Å². The molecule has 2 aliphatic rings. The number of rotatable bonds is 2. The largest absolute Gasteiger partial charge is 0.445 e. The van der Waals surface area contributed by atoms with Gasteiger partial charge in [-0.15, -0.1) is 0 Å². The monoisotopic (exact) mass is 346 g/mol. The van der Waals surface area contributed by atoms with E-state index < -0.39 is 5.60 Å². The fraction of sp³-hybridized carbons (Fsp3) is 0.579. The molecule has 0 aromatic heterocycles. The lowest BCUT2D eigenvalue weighted by Gasteiger charge is -2.33. The Hall–Kier alpha value is -2.24. The summed E-state index contributed by atoms with van der Waals surface area (Å²) in [6.07, 6.45) is 0.952. The van der Waals surface area contributed by atoms with E-state index in [9.17, 15) is 9.59 Å². The minimum atomic E-state index is -0.513. The molecule has 3 rings (SSSR count). The molecule has 2 aliphatic heterocycles. The first-order valence-corrected chi connectivity index (χ1v) is 8.80. The van der Waals surface area contributed by atoms with E-state index in [1.165, 1.54) is 0 Å². The highest BCUT2D eigenvalue weighted by molar-refractivity contribution is 5.71. The van der Waals surface area contributed by atoms with Crippen LogP contribution in [0, 0.1) is 0 Å². The number of fused-ring (bicyclic) bond motifs is 2. The molecule has 6 nitrogen and oxygen atoms in total. The third-order valence-electron chi connectivity index (χ3n) is 4.60. The lowest BCUT2D eigenvalue weighted by atomic mass is 10.0.